The number of aryl methyl sites for hydroxylation is 1. The molecule has 1 heterocycles. The molecule has 0 bridgehead atoms. The minimum Gasteiger partial charge on any atom is -0.486 e. The van der Waals surface area contributed by atoms with Crippen LogP contribution in [-0.2, 0) is 13.0 Å². The molecule has 2 aromatic rings. The first-order valence-electron chi connectivity index (χ1n) is 7.32. The zero-order valence-electron chi connectivity index (χ0n) is 12.4. The average molecular weight is 285 g/mol. The molecular formula is C16H19N3O2. The van der Waals surface area contributed by atoms with Gasteiger partial charge in [0.25, 0.3) is 0 Å². The highest BCUT2D eigenvalue weighted by atomic mass is 16.5. The van der Waals surface area contributed by atoms with E-state index >= 15 is 0 Å². The Morgan fingerprint density at radius 1 is 1.33 bits per heavy atom. The van der Waals surface area contributed by atoms with Crippen LogP contribution in [0.4, 0.5) is 0 Å². The average Bonchev–Trinajstić information content (AvgIpc) is 2.94. The molecule has 1 aliphatic carbocycles. The largest absolute Gasteiger partial charge is 0.486 e. The Bertz CT molecular complexity index is 661. The number of rotatable bonds is 4. The number of nitrogens with zero attached hydrogens (tertiary/aromatic N) is 3. The zero-order chi connectivity index (χ0) is 14.8. The standard InChI is InChI=1S/C16H19N3O2/c1-11(2)19-16(17-10-18-19)9-21-13-7-6-12-4-3-5-15(20)14(12)8-13/h6-8,10-11H,3-5,9H2,1-2H3. The maximum Gasteiger partial charge on any atom is 0.165 e. The van der Waals surface area contributed by atoms with Crippen LogP contribution in [0.5, 0.6) is 5.75 Å². The molecule has 21 heavy (non-hydrogen) atoms. The molecule has 3 rings (SSSR count). The van der Waals surface area contributed by atoms with Gasteiger partial charge in [-0.2, -0.15) is 5.10 Å². The van der Waals surface area contributed by atoms with Crippen molar-refractivity contribution in [3.8, 4) is 5.75 Å². The highest BCUT2D eigenvalue weighted by Gasteiger charge is 2.17. The fraction of sp³-hybridized carbons (Fsp3) is 0.438. The molecule has 0 unspecified atom stereocenters. The monoisotopic (exact) mass is 285 g/mol. The van der Waals surface area contributed by atoms with Crippen LogP contribution in [0, 0.1) is 0 Å². The van der Waals surface area contributed by atoms with E-state index in [2.05, 4.69) is 23.9 Å². The van der Waals surface area contributed by atoms with Crippen LogP contribution in [-0.4, -0.2) is 20.5 Å². The summed E-state index contributed by atoms with van der Waals surface area (Å²) in [5.74, 6) is 1.71. The molecule has 0 atom stereocenters. The van der Waals surface area contributed by atoms with Gasteiger partial charge in [-0.05, 0) is 44.4 Å². The molecule has 0 amide bonds. The molecule has 110 valence electrons. The Kier molecular flexibility index (Phi) is 3.73. The molecule has 1 aliphatic rings. The van der Waals surface area contributed by atoms with Crippen molar-refractivity contribution in [2.24, 2.45) is 0 Å². The van der Waals surface area contributed by atoms with Gasteiger partial charge in [-0.3, -0.25) is 4.79 Å². The first-order chi connectivity index (χ1) is 10.1. The van der Waals surface area contributed by atoms with Gasteiger partial charge in [0.2, 0.25) is 0 Å². The predicted molar refractivity (Wildman–Crippen MR) is 78.4 cm³/mol. The molecule has 5 heteroatoms. The van der Waals surface area contributed by atoms with Crippen molar-refractivity contribution in [3.63, 3.8) is 0 Å². The van der Waals surface area contributed by atoms with Crippen molar-refractivity contribution in [2.75, 3.05) is 0 Å². The molecule has 0 radical (unpaired) electrons. The van der Waals surface area contributed by atoms with Crippen molar-refractivity contribution in [1.29, 1.82) is 0 Å². The van der Waals surface area contributed by atoms with Gasteiger partial charge in [0.15, 0.2) is 11.6 Å². The van der Waals surface area contributed by atoms with Crippen LogP contribution in [0.15, 0.2) is 24.5 Å². The second-order valence-corrected chi connectivity index (χ2v) is 5.60. The van der Waals surface area contributed by atoms with Gasteiger partial charge in [-0.1, -0.05) is 6.07 Å². The van der Waals surface area contributed by atoms with Crippen molar-refractivity contribution >= 4 is 5.78 Å². The lowest BCUT2D eigenvalue weighted by Gasteiger charge is -2.16. The Hall–Kier alpha value is -2.17. The van der Waals surface area contributed by atoms with Gasteiger partial charge < -0.3 is 4.74 Å². The van der Waals surface area contributed by atoms with Gasteiger partial charge >= 0.3 is 0 Å². The molecule has 0 fully saturated rings. The van der Waals surface area contributed by atoms with E-state index in [0.717, 1.165) is 29.8 Å². The zero-order valence-corrected chi connectivity index (χ0v) is 12.4. The van der Waals surface area contributed by atoms with Crippen LogP contribution in [0.1, 0.15) is 54.5 Å². The third-order valence-electron chi connectivity index (χ3n) is 3.74. The lowest BCUT2D eigenvalue weighted by molar-refractivity contribution is 0.0972. The van der Waals surface area contributed by atoms with Gasteiger partial charge in [0.05, 0.1) is 0 Å². The third kappa shape index (κ3) is 2.82. The Morgan fingerprint density at radius 2 is 2.19 bits per heavy atom. The van der Waals surface area contributed by atoms with Crippen molar-refractivity contribution in [3.05, 3.63) is 41.5 Å². The number of fused-ring (bicyclic) bond motifs is 1. The molecule has 0 saturated carbocycles. The first-order valence-corrected chi connectivity index (χ1v) is 7.32. The number of carbonyl (C=O) groups is 1. The van der Waals surface area contributed by atoms with Crippen LogP contribution in [0.2, 0.25) is 0 Å². The number of ketones is 1. The molecular weight excluding hydrogens is 266 g/mol. The highest BCUT2D eigenvalue weighted by molar-refractivity contribution is 5.98. The molecule has 1 aromatic heterocycles. The Labute approximate surface area is 124 Å². The summed E-state index contributed by atoms with van der Waals surface area (Å²) in [6, 6.07) is 6.02. The number of ether oxygens (including phenoxy) is 1. The number of Topliss-reactive ketones (excluding diaryl/α,β-unsaturated/α-hetero) is 1. The first kappa shape index (κ1) is 13.8. The van der Waals surface area contributed by atoms with Gasteiger partial charge in [-0.25, -0.2) is 9.67 Å². The van der Waals surface area contributed by atoms with Crippen molar-refractivity contribution in [1.82, 2.24) is 14.8 Å². The fourth-order valence-electron chi connectivity index (χ4n) is 2.65. The van der Waals surface area contributed by atoms with Crippen molar-refractivity contribution in [2.45, 2.75) is 45.8 Å². The predicted octanol–water partition coefficient (Wildman–Crippen LogP) is 2.96. The normalized spacial score (nSPS) is 14.3. The van der Waals surface area contributed by atoms with Crippen LogP contribution in [0.3, 0.4) is 0 Å². The summed E-state index contributed by atoms with van der Waals surface area (Å²) >= 11 is 0. The van der Waals surface area contributed by atoms with E-state index in [1.165, 1.54) is 6.33 Å². The summed E-state index contributed by atoms with van der Waals surface area (Å²) in [5.41, 5.74) is 1.94. The molecule has 1 aromatic carbocycles. The van der Waals surface area contributed by atoms with E-state index in [4.69, 9.17) is 4.74 Å². The Balaban J connectivity index is 1.75. The van der Waals surface area contributed by atoms with E-state index in [-0.39, 0.29) is 11.8 Å². The molecule has 0 N–H and O–H groups in total. The van der Waals surface area contributed by atoms with E-state index in [9.17, 15) is 4.79 Å². The minimum absolute atomic E-state index is 0.215. The Morgan fingerprint density at radius 3 is 3.00 bits per heavy atom. The van der Waals surface area contributed by atoms with Crippen molar-refractivity contribution < 1.29 is 9.53 Å². The summed E-state index contributed by atoms with van der Waals surface area (Å²) in [4.78, 5) is 16.1. The number of carbonyl (C=O) groups excluding carboxylic acids is 1. The summed E-state index contributed by atoms with van der Waals surface area (Å²) in [6.45, 7) is 4.46. The molecule has 0 aliphatic heterocycles. The SMILES string of the molecule is CC(C)n1ncnc1COc1ccc2c(c1)C(=O)CCC2. The van der Waals surface area contributed by atoms with E-state index in [1.54, 1.807) is 0 Å². The maximum atomic E-state index is 11.9. The lowest BCUT2D eigenvalue weighted by atomic mass is 9.90. The topological polar surface area (TPSA) is 57.0 Å². The summed E-state index contributed by atoms with van der Waals surface area (Å²) < 4.78 is 7.62. The summed E-state index contributed by atoms with van der Waals surface area (Å²) in [7, 11) is 0. The van der Waals surface area contributed by atoms with Gasteiger partial charge in [0.1, 0.15) is 18.7 Å². The maximum absolute atomic E-state index is 11.9. The fourth-order valence-corrected chi connectivity index (χ4v) is 2.65. The third-order valence-corrected chi connectivity index (χ3v) is 3.74. The summed E-state index contributed by atoms with van der Waals surface area (Å²) in [5, 5.41) is 4.18. The molecule has 0 saturated heterocycles. The number of hydrogen-bond donors (Lipinski definition) is 0. The van der Waals surface area contributed by atoms with Gasteiger partial charge in [0, 0.05) is 18.0 Å². The van der Waals surface area contributed by atoms with Gasteiger partial charge in [-0.15, -0.1) is 0 Å². The van der Waals surface area contributed by atoms with Crippen LogP contribution < -0.4 is 4.74 Å². The second-order valence-electron chi connectivity index (χ2n) is 5.60. The quantitative estimate of drug-likeness (QED) is 0.866. The van der Waals surface area contributed by atoms with E-state index in [1.807, 2.05) is 22.9 Å². The molecule has 5 nitrogen and oxygen atoms in total. The lowest BCUT2D eigenvalue weighted by Crippen LogP contribution is -2.12. The van der Waals surface area contributed by atoms with E-state index in [0.29, 0.717) is 18.8 Å². The number of hydrogen-bond acceptors (Lipinski definition) is 4. The minimum atomic E-state index is 0.215. The highest BCUT2D eigenvalue weighted by Crippen LogP contribution is 2.25. The smallest absolute Gasteiger partial charge is 0.165 e. The molecule has 0 spiro atoms. The summed E-state index contributed by atoms with van der Waals surface area (Å²) in [6.07, 6.45) is 4.10. The number of benzene rings is 1. The second kappa shape index (κ2) is 5.68. The van der Waals surface area contributed by atoms with E-state index < -0.39 is 0 Å². The van der Waals surface area contributed by atoms with Crippen LogP contribution in [0.25, 0.3) is 0 Å². The van der Waals surface area contributed by atoms with Crippen LogP contribution >= 0.6 is 0 Å². The number of aromatic nitrogens is 3.